The van der Waals surface area contributed by atoms with E-state index in [2.05, 4.69) is 15.0 Å². The zero-order valence-corrected chi connectivity index (χ0v) is 22.2. The number of carboxylic acids is 1. The van der Waals surface area contributed by atoms with E-state index in [1.807, 2.05) is 30.3 Å². The lowest BCUT2D eigenvalue weighted by Crippen LogP contribution is -2.35. The number of aliphatic hydroxyl groups is 2. The van der Waals surface area contributed by atoms with Gasteiger partial charge in [-0.2, -0.15) is 0 Å². The molecule has 202 valence electrons. The highest BCUT2D eigenvalue weighted by atomic mass is 35.5. The molecule has 3 heterocycles. The molecular weight excluding hydrogens is 555 g/mol. The van der Waals surface area contributed by atoms with Gasteiger partial charge in [-0.15, -0.1) is 0 Å². The summed E-state index contributed by atoms with van der Waals surface area (Å²) < 4.78 is 7.91. The van der Waals surface area contributed by atoms with Crippen molar-refractivity contribution in [1.82, 2.24) is 19.5 Å². The standard InChI is InChI=1S/C29H22Cl2N4O5/c30-18-9-6-16(7-10-18)21(20-12-17(29(38)39)8-11-19(20)15-4-2-1-3-5-15)25-23(36)24(37)28(40-25)35-14-34-22-26(31)32-13-33-27(22)35/h1-14,21,23-25,28,36-37H,(H,38,39)/t21-,23+,24-,25+,28-/m1/s1. The molecule has 0 saturated carbocycles. The van der Waals surface area contributed by atoms with Crippen molar-refractivity contribution in [1.29, 1.82) is 0 Å². The molecule has 9 nitrogen and oxygen atoms in total. The van der Waals surface area contributed by atoms with Gasteiger partial charge in [0.2, 0.25) is 0 Å². The average Bonchev–Trinajstić information content (AvgIpc) is 3.52. The Hall–Kier alpha value is -3.86. The van der Waals surface area contributed by atoms with E-state index >= 15 is 0 Å². The molecule has 5 atom stereocenters. The van der Waals surface area contributed by atoms with Gasteiger partial charge in [-0.05, 0) is 46.5 Å². The number of hydrogen-bond acceptors (Lipinski definition) is 7. The second kappa shape index (κ2) is 10.6. The lowest BCUT2D eigenvalue weighted by molar-refractivity contribution is -0.0392. The molecule has 3 N–H and O–H groups in total. The minimum Gasteiger partial charge on any atom is -0.478 e. The monoisotopic (exact) mass is 576 g/mol. The van der Waals surface area contributed by atoms with Crippen LogP contribution in [0.25, 0.3) is 22.3 Å². The molecule has 1 saturated heterocycles. The quantitative estimate of drug-likeness (QED) is 0.242. The van der Waals surface area contributed by atoms with E-state index in [1.165, 1.54) is 23.3 Å². The van der Waals surface area contributed by atoms with Crippen molar-refractivity contribution in [2.24, 2.45) is 0 Å². The van der Waals surface area contributed by atoms with Gasteiger partial charge in [0.15, 0.2) is 17.0 Å². The number of carboxylic acid groups (broad SMARTS) is 1. The normalized spacial score (nSPS) is 21.5. The van der Waals surface area contributed by atoms with Crippen molar-refractivity contribution in [2.75, 3.05) is 0 Å². The molecule has 0 aliphatic carbocycles. The third-order valence-electron chi connectivity index (χ3n) is 7.14. The Morgan fingerprint density at radius 3 is 2.40 bits per heavy atom. The van der Waals surface area contributed by atoms with Gasteiger partial charge in [-0.3, -0.25) is 4.57 Å². The summed E-state index contributed by atoms with van der Waals surface area (Å²) in [6, 6.07) is 21.4. The maximum absolute atomic E-state index is 12.0. The minimum atomic E-state index is -1.37. The zero-order valence-electron chi connectivity index (χ0n) is 20.7. The molecule has 2 aromatic heterocycles. The van der Waals surface area contributed by atoms with Crippen molar-refractivity contribution < 1.29 is 24.9 Å². The number of fused-ring (bicyclic) bond motifs is 1. The first kappa shape index (κ1) is 26.4. The predicted octanol–water partition coefficient (Wildman–Crippen LogP) is 4.95. The van der Waals surface area contributed by atoms with Crippen LogP contribution in [-0.4, -0.2) is 59.1 Å². The highest BCUT2D eigenvalue weighted by molar-refractivity contribution is 6.33. The SMILES string of the molecule is O=C(O)c1ccc(-c2ccccc2)c([C@@H](c2ccc(Cl)cc2)[C@@H]2O[C@@H](n3cnc4c(Cl)ncnc43)[C@H](O)[C@@H]2O)c1. The van der Waals surface area contributed by atoms with Gasteiger partial charge in [-0.1, -0.05) is 71.7 Å². The Bertz CT molecular complexity index is 1700. The number of nitrogens with zero attached hydrogens (tertiary/aromatic N) is 4. The Morgan fingerprint density at radius 2 is 1.68 bits per heavy atom. The number of aliphatic hydroxyl groups excluding tert-OH is 2. The van der Waals surface area contributed by atoms with E-state index in [1.54, 1.807) is 36.4 Å². The number of aromatic carboxylic acids is 1. The average molecular weight is 577 g/mol. The summed E-state index contributed by atoms with van der Waals surface area (Å²) in [5, 5.41) is 33.2. The largest absolute Gasteiger partial charge is 0.478 e. The van der Waals surface area contributed by atoms with Gasteiger partial charge < -0.3 is 20.1 Å². The van der Waals surface area contributed by atoms with Crippen molar-refractivity contribution in [3.05, 3.63) is 112 Å². The van der Waals surface area contributed by atoms with E-state index in [9.17, 15) is 20.1 Å². The molecule has 1 aliphatic heterocycles. The third-order valence-corrected chi connectivity index (χ3v) is 7.67. The summed E-state index contributed by atoms with van der Waals surface area (Å²) in [6.45, 7) is 0. The highest BCUT2D eigenvalue weighted by Crippen LogP contribution is 2.44. The van der Waals surface area contributed by atoms with E-state index < -0.39 is 36.4 Å². The van der Waals surface area contributed by atoms with Crippen LogP contribution in [0.4, 0.5) is 0 Å². The molecule has 5 aromatic rings. The number of halogens is 2. The molecular formula is C29H22Cl2N4O5. The topological polar surface area (TPSA) is 131 Å². The fourth-order valence-corrected chi connectivity index (χ4v) is 5.55. The number of hydrogen-bond donors (Lipinski definition) is 3. The molecule has 40 heavy (non-hydrogen) atoms. The zero-order chi connectivity index (χ0) is 28.0. The Labute approximate surface area is 238 Å². The molecule has 11 heteroatoms. The second-order valence-electron chi connectivity index (χ2n) is 9.46. The molecule has 0 spiro atoms. The van der Waals surface area contributed by atoms with Gasteiger partial charge >= 0.3 is 5.97 Å². The van der Waals surface area contributed by atoms with Crippen LogP contribution in [0.1, 0.15) is 33.6 Å². The maximum Gasteiger partial charge on any atom is 0.335 e. The van der Waals surface area contributed by atoms with Crippen LogP contribution >= 0.6 is 23.2 Å². The molecule has 1 fully saturated rings. The fraction of sp³-hybridized carbons (Fsp3) is 0.172. The molecule has 6 rings (SSSR count). The predicted molar refractivity (Wildman–Crippen MR) is 148 cm³/mol. The lowest BCUT2D eigenvalue weighted by atomic mass is 9.80. The van der Waals surface area contributed by atoms with Gasteiger partial charge in [-0.25, -0.2) is 19.7 Å². The smallest absolute Gasteiger partial charge is 0.335 e. The molecule has 0 unspecified atom stereocenters. The van der Waals surface area contributed by atoms with Crippen LogP contribution < -0.4 is 0 Å². The van der Waals surface area contributed by atoms with Crippen LogP contribution in [0.2, 0.25) is 10.2 Å². The molecule has 1 aliphatic rings. The van der Waals surface area contributed by atoms with Crippen LogP contribution in [-0.2, 0) is 4.74 Å². The summed E-state index contributed by atoms with van der Waals surface area (Å²) >= 11 is 12.4. The van der Waals surface area contributed by atoms with Crippen molar-refractivity contribution in [3.8, 4) is 11.1 Å². The molecule has 0 amide bonds. The van der Waals surface area contributed by atoms with E-state index in [0.717, 1.165) is 11.1 Å². The number of carbonyl (C=O) groups is 1. The summed E-state index contributed by atoms with van der Waals surface area (Å²) in [5.41, 5.74) is 3.65. The second-order valence-corrected chi connectivity index (χ2v) is 10.3. The molecule has 3 aromatic carbocycles. The van der Waals surface area contributed by atoms with Crippen molar-refractivity contribution >= 4 is 40.3 Å². The number of ether oxygens (including phenoxy) is 1. The van der Waals surface area contributed by atoms with E-state index in [0.29, 0.717) is 27.3 Å². The molecule has 0 radical (unpaired) electrons. The number of imidazole rings is 1. The van der Waals surface area contributed by atoms with E-state index in [-0.39, 0.29) is 10.7 Å². The Kier molecular flexibility index (Phi) is 6.99. The maximum atomic E-state index is 12.0. The van der Waals surface area contributed by atoms with Crippen molar-refractivity contribution in [3.63, 3.8) is 0 Å². The number of aromatic nitrogens is 4. The molecule has 0 bridgehead atoms. The van der Waals surface area contributed by atoms with Crippen LogP contribution in [0, 0.1) is 0 Å². The first-order valence-corrected chi connectivity index (χ1v) is 13.1. The summed E-state index contributed by atoms with van der Waals surface area (Å²) in [5.74, 6) is -1.79. The first-order chi connectivity index (χ1) is 19.3. The van der Waals surface area contributed by atoms with Crippen LogP contribution in [0.5, 0.6) is 0 Å². The Balaban J connectivity index is 1.52. The van der Waals surface area contributed by atoms with Crippen molar-refractivity contribution in [2.45, 2.75) is 30.5 Å². The highest BCUT2D eigenvalue weighted by Gasteiger charge is 2.49. The van der Waals surface area contributed by atoms with Gasteiger partial charge in [0, 0.05) is 10.9 Å². The third kappa shape index (κ3) is 4.61. The summed E-state index contributed by atoms with van der Waals surface area (Å²) in [4.78, 5) is 24.5. The fourth-order valence-electron chi connectivity index (χ4n) is 5.25. The minimum absolute atomic E-state index is 0.0742. The van der Waals surface area contributed by atoms with Gasteiger partial charge in [0.1, 0.15) is 24.1 Å². The van der Waals surface area contributed by atoms with Crippen LogP contribution in [0.15, 0.2) is 85.5 Å². The lowest BCUT2D eigenvalue weighted by Gasteiger charge is -2.29. The number of benzene rings is 3. The summed E-state index contributed by atoms with van der Waals surface area (Å²) in [7, 11) is 0. The van der Waals surface area contributed by atoms with Gasteiger partial charge in [0.05, 0.1) is 18.0 Å². The van der Waals surface area contributed by atoms with E-state index in [4.69, 9.17) is 27.9 Å². The van der Waals surface area contributed by atoms with Crippen LogP contribution in [0.3, 0.4) is 0 Å². The summed E-state index contributed by atoms with van der Waals surface area (Å²) in [6.07, 6.45) is -2.09. The first-order valence-electron chi connectivity index (χ1n) is 12.4. The Morgan fingerprint density at radius 1 is 0.925 bits per heavy atom. The van der Waals surface area contributed by atoms with Gasteiger partial charge in [0.25, 0.3) is 0 Å². The number of rotatable bonds is 6.